The number of para-hydroxylation sites is 1. The highest BCUT2D eigenvalue weighted by atomic mass is 35.5. The molecule has 3 N–H and O–H groups in total. The summed E-state index contributed by atoms with van der Waals surface area (Å²) in [5, 5.41) is 3.77. The van der Waals surface area contributed by atoms with Gasteiger partial charge in [0.25, 0.3) is 0 Å². The second kappa shape index (κ2) is 6.43. The van der Waals surface area contributed by atoms with E-state index in [4.69, 9.17) is 17.3 Å². The summed E-state index contributed by atoms with van der Waals surface area (Å²) in [5.41, 5.74) is 7.45. The third-order valence-corrected chi connectivity index (χ3v) is 3.38. The molecule has 0 unspecified atom stereocenters. The molecule has 0 aliphatic rings. The van der Waals surface area contributed by atoms with Crippen LogP contribution in [0.25, 0.3) is 0 Å². The van der Waals surface area contributed by atoms with Gasteiger partial charge in [0.2, 0.25) is 0 Å². The van der Waals surface area contributed by atoms with E-state index in [1.165, 1.54) is 6.33 Å². The number of nitrogen functional groups attached to an aromatic ring is 1. The van der Waals surface area contributed by atoms with Gasteiger partial charge in [-0.2, -0.15) is 0 Å². The van der Waals surface area contributed by atoms with Gasteiger partial charge in [0.15, 0.2) is 11.6 Å². The largest absolute Gasteiger partial charge is 0.393 e. The van der Waals surface area contributed by atoms with Crippen LogP contribution in [-0.4, -0.2) is 23.1 Å². The van der Waals surface area contributed by atoms with Gasteiger partial charge in [0.05, 0.1) is 10.7 Å². The quantitative estimate of drug-likeness (QED) is 0.885. The maximum atomic E-state index is 6.16. The Balaban J connectivity index is 2.34. The monoisotopic (exact) mass is 291 g/mol. The van der Waals surface area contributed by atoms with E-state index in [0.717, 1.165) is 24.6 Å². The van der Waals surface area contributed by atoms with Crippen LogP contribution in [0.3, 0.4) is 0 Å². The molecule has 6 heteroatoms. The fraction of sp³-hybridized carbons (Fsp3) is 0.286. The summed E-state index contributed by atoms with van der Waals surface area (Å²) in [4.78, 5) is 10.5. The van der Waals surface area contributed by atoms with Gasteiger partial charge in [-0.05, 0) is 26.0 Å². The Morgan fingerprint density at radius 3 is 2.55 bits per heavy atom. The van der Waals surface area contributed by atoms with E-state index >= 15 is 0 Å². The van der Waals surface area contributed by atoms with E-state index in [1.807, 2.05) is 24.3 Å². The zero-order chi connectivity index (χ0) is 14.5. The first-order chi connectivity index (χ1) is 9.67. The molecular weight excluding hydrogens is 274 g/mol. The zero-order valence-corrected chi connectivity index (χ0v) is 12.4. The number of rotatable bonds is 5. The van der Waals surface area contributed by atoms with Gasteiger partial charge in [0.1, 0.15) is 12.0 Å². The van der Waals surface area contributed by atoms with Crippen LogP contribution < -0.4 is 16.0 Å². The van der Waals surface area contributed by atoms with Crippen LogP contribution in [0.5, 0.6) is 0 Å². The minimum Gasteiger partial charge on any atom is -0.393 e. The molecule has 0 saturated carbocycles. The van der Waals surface area contributed by atoms with Gasteiger partial charge in [-0.25, -0.2) is 9.97 Å². The van der Waals surface area contributed by atoms with Crippen LogP contribution in [0.2, 0.25) is 5.02 Å². The van der Waals surface area contributed by atoms with Gasteiger partial charge in [-0.15, -0.1) is 0 Å². The van der Waals surface area contributed by atoms with Crippen molar-refractivity contribution in [2.75, 3.05) is 29.0 Å². The Bertz CT molecular complexity index is 584. The first-order valence-electron chi connectivity index (χ1n) is 6.54. The maximum Gasteiger partial charge on any atom is 0.159 e. The van der Waals surface area contributed by atoms with Crippen molar-refractivity contribution < 1.29 is 0 Å². The maximum absolute atomic E-state index is 6.16. The van der Waals surface area contributed by atoms with E-state index in [1.54, 1.807) is 0 Å². The fourth-order valence-electron chi connectivity index (χ4n) is 1.95. The molecule has 0 fully saturated rings. The van der Waals surface area contributed by atoms with Crippen LogP contribution in [0, 0.1) is 0 Å². The Hall–Kier alpha value is -2.01. The smallest absolute Gasteiger partial charge is 0.159 e. The van der Waals surface area contributed by atoms with Crippen molar-refractivity contribution in [3.63, 3.8) is 0 Å². The Morgan fingerprint density at radius 2 is 1.90 bits per heavy atom. The summed E-state index contributed by atoms with van der Waals surface area (Å²) >= 11 is 6.13. The molecule has 0 radical (unpaired) electrons. The Morgan fingerprint density at radius 1 is 1.20 bits per heavy atom. The lowest BCUT2D eigenvalue weighted by Gasteiger charge is -2.22. The minimum absolute atomic E-state index is 0.524. The lowest BCUT2D eigenvalue weighted by Crippen LogP contribution is -2.24. The first kappa shape index (κ1) is 14.4. The third-order valence-electron chi connectivity index (χ3n) is 3.05. The molecular formula is C14H18ClN5. The molecule has 0 amide bonds. The summed E-state index contributed by atoms with van der Waals surface area (Å²) < 4.78 is 0. The highest BCUT2D eigenvalue weighted by Gasteiger charge is 2.13. The van der Waals surface area contributed by atoms with Crippen LogP contribution in [0.1, 0.15) is 13.8 Å². The predicted molar refractivity (Wildman–Crippen MR) is 84.7 cm³/mol. The molecule has 0 atom stereocenters. The first-order valence-corrected chi connectivity index (χ1v) is 6.92. The van der Waals surface area contributed by atoms with Crippen molar-refractivity contribution in [2.24, 2.45) is 0 Å². The number of anilines is 4. The molecule has 0 spiro atoms. The van der Waals surface area contributed by atoms with Crippen molar-refractivity contribution in [2.45, 2.75) is 13.8 Å². The zero-order valence-electron chi connectivity index (χ0n) is 11.6. The van der Waals surface area contributed by atoms with Gasteiger partial charge >= 0.3 is 0 Å². The number of hydrogen-bond donors (Lipinski definition) is 2. The minimum atomic E-state index is 0.524. The highest BCUT2D eigenvalue weighted by Crippen LogP contribution is 2.30. The van der Waals surface area contributed by atoms with Crippen LogP contribution >= 0.6 is 11.6 Å². The van der Waals surface area contributed by atoms with E-state index in [9.17, 15) is 0 Å². The summed E-state index contributed by atoms with van der Waals surface area (Å²) in [6, 6.07) is 7.46. The van der Waals surface area contributed by atoms with Crippen molar-refractivity contribution in [1.29, 1.82) is 0 Å². The lowest BCUT2D eigenvalue weighted by atomic mass is 10.3. The van der Waals surface area contributed by atoms with Gasteiger partial charge in [0, 0.05) is 13.1 Å². The van der Waals surface area contributed by atoms with E-state index in [0.29, 0.717) is 16.5 Å². The molecule has 5 nitrogen and oxygen atoms in total. The number of nitrogens with one attached hydrogen (secondary N) is 1. The Labute approximate surface area is 123 Å². The van der Waals surface area contributed by atoms with Gasteiger partial charge < -0.3 is 16.0 Å². The normalized spacial score (nSPS) is 10.3. The molecule has 1 aromatic carbocycles. The second-order valence-corrected chi connectivity index (χ2v) is 4.64. The molecule has 0 bridgehead atoms. The lowest BCUT2D eigenvalue weighted by molar-refractivity contribution is 0.844. The average Bonchev–Trinajstić information content (AvgIpc) is 2.46. The highest BCUT2D eigenvalue weighted by molar-refractivity contribution is 6.33. The number of aromatic nitrogens is 2. The topological polar surface area (TPSA) is 67.1 Å². The molecule has 1 aromatic heterocycles. The molecule has 106 valence electrons. The Kier molecular flexibility index (Phi) is 4.63. The van der Waals surface area contributed by atoms with Crippen molar-refractivity contribution >= 4 is 34.6 Å². The van der Waals surface area contributed by atoms with Crippen LogP contribution in [0.4, 0.5) is 23.0 Å². The van der Waals surface area contributed by atoms with Crippen molar-refractivity contribution in [3.8, 4) is 0 Å². The summed E-state index contributed by atoms with van der Waals surface area (Å²) in [6.07, 6.45) is 1.50. The fourth-order valence-corrected chi connectivity index (χ4v) is 2.13. The van der Waals surface area contributed by atoms with E-state index in [-0.39, 0.29) is 0 Å². The van der Waals surface area contributed by atoms with Crippen molar-refractivity contribution in [1.82, 2.24) is 9.97 Å². The average molecular weight is 292 g/mol. The third kappa shape index (κ3) is 2.93. The number of nitrogens with two attached hydrogens (primary N) is 1. The molecule has 2 aromatic rings. The molecule has 0 aliphatic heterocycles. The number of halogens is 1. The van der Waals surface area contributed by atoms with Gasteiger partial charge in [-0.3, -0.25) is 0 Å². The summed E-state index contributed by atoms with van der Waals surface area (Å²) in [5.74, 6) is 1.30. The number of hydrogen-bond acceptors (Lipinski definition) is 5. The molecule has 0 aliphatic carbocycles. The van der Waals surface area contributed by atoms with Crippen LogP contribution in [-0.2, 0) is 0 Å². The molecule has 1 heterocycles. The molecule has 2 rings (SSSR count). The standard InChI is InChI=1S/C14H18ClN5/c1-3-20(4-2)14-12(16)13(17-9-18-14)19-11-8-6-5-7-10(11)15/h5-9H,3-4,16H2,1-2H3,(H,17,18,19). The summed E-state index contributed by atoms with van der Waals surface area (Å²) in [7, 11) is 0. The summed E-state index contributed by atoms with van der Waals surface area (Å²) in [6.45, 7) is 5.80. The van der Waals surface area contributed by atoms with Gasteiger partial charge in [-0.1, -0.05) is 23.7 Å². The molecule has 20 heavy (non-hydrogen) atoms. The SMILES string of the molecule is CCN(CC)c1ncnc(Nc2ccccc2Cl)c1N. The molecule has 0 saturated heterocycles. The second-order valence-electron chi connectivity index (χ2n) is 4.24. The number of nitrogens with zero attached hydrogens (tertiary/aromatic N) is 3. The van der Waals surface area contributed by atoms with E-state index < -0.39 is 0 Å². The van der Waals surface area contributed by atoms with Crippen molar-refractivity contribution in [3.05, 3.63) is 35.6 Å². The number of benzene rings is 1. The van der Waals surface area contributed by atoms with E-state index in [2.05, 4.69) is 34.0 Å². The predicted octanol–water partition coefficient (Wildman–Crippen LogP) is 3.30. The van der Waals surface area contributed by atoms with Crippen LogP contribution in [0.15, 0.2) is 30.6 Å².